The predicted molar refractivity (Wildman–Crippen MR) is 110 cm³/mol. The van der Waals surface area contributed by atoms with Crippen LogP contribution >= 0.6 is 0 Å². The molecule has 1 amide bonds. The van der Waals surface area contributed by atoms with Crippen LogP contribution in [0, 0.1) is 13.8 Å². The number of carbonyl (C=O) groups excluding carboxylic acids is 1. The fraction of sp³-hybridized carbons (Fsp3) is 0.217. The molecule has 4 nitrogen and oxygen atoms in total. The van der Waals surface area contributed by atoms with Gasteiger partial charge in [0.1, 0.15) is 0 Å². The van der Waals surface area contributed by atoms with Crippen molar-refractivity contribution in [3.05, 3.63) is 89.3 Å². The fourth-order valence-electron chi connectivity index (χ4n) is 3.09. The molecule has 2 aromatic carbocycles. The van der Waals surface area contributed by atoms with Gasteiger partial charge in [-0.1, -0.05) is 55.5 Å². The van der Waals surface area contributed by atoms with Gasteiger partial charge >= 0.3 is 0 Å². The van der Waals surface area contributed by atoms with E-state index < -0.39 is 0 Å². The molecule has 1 heterocycles. The van der Waals surface area contributed by atoms with Gasteiger partial charge in [0.25, 0.3) is 0 Å². The summed E-state index contributed by atoms with van der Waals surface area (Å²) in [5.41, 5.74) is 5.13. The van der Waals surface area contributed by atoms with E-state index in [1.165, 1.54) is 5.56 Å². The first kappa shape index (κ1) is 18.6. The second-order valence-electron chi connectivity index (χ2n) is 6.72. The molecule has 138 valence electrons. The highest BCUT2D eigenvalue weighted by molar-refractivity contribution is 5.92. The van der Waals surface area contributed by atoms with Crippen LogP contribution in [0.4, 0.5) is 0 Å². The van der Waals surface area contributed by atoms with Crippen LogP contribution in [0.3, 0.4) is 0 Å². The van der Waals surface area contributed by atoms with Crippen LogP contribution in [-0.4, -0.2) is 22.2 Å². The van der Waals surface area contributed by atoms with Gasteiger partial charge in [-0.2, -0.15) is 5.10 Å². The Morgan fingerprint density at radius 3 is 2.37 bits per heavy atom. The lowest BCUT2D eigenvalue weighted by Crippen LogP contribution is -2.25. The molecular weight excluding hydrogens is 334 g/mol. The summed E-state index contributed by atoms with van der Waals surface area (Å²) in [6, 6.07) is 20.2. The first-order valence-corrected chi connectivity index (χ1v) is 9.18. The van der Waals surface area contributed by atoms with Crippen molar-refractivity contribution >= 4 is 12.0 Å². The molecule has 0 fully saturated rings. The molecule has 3 aromatic rings. The van der Waals surface area contributed by atoms with Gasteiger partial charge < -0.3 is 5.32 Å². The standard InChI is InChI=1S/C23H25N3O/c1-17(20-10-6-4-7-11-20)16-24-23(27)15-14-22-18(2)25-26(19(22)3)21-12-8-5-9-13-21/h4-15,17H,16H2,1-3H3,(H,24,27)/b15-14+/t17-/m1/s1. The molecular formula is C23H25N3O. The smallest absolute Gasteiger partial charge is 0.244 e. The number of nitrogens with zero attached hydrogens (tertiary/aromatic N) is 2. The first-order valence-electron chi connectivity index (χ1n) is 9.18. The van der Waals surface area contributed by atoms with Crippen LogP contribution in [0.5, 0.6) is 0 Å². The maximum atomic E-state index is 12.2. The van der Waals surface area contributed by atoms with Gasteiger partial charge in [-0.05, 0) is 43.5 Å². The molecule has 1 aromatic heterocycles. The molecule has 27 heavy (non-hydrogen) atoms. The van der Waals surface area contributed by atoms with Crippen LogP contribution in [0.2, 0.25) is 0 Å². The second-order valence-corrected chi connectivity index (χ2v) is 6.72. The molecule has 1 atom stereocenters. The van der Waals surface area contributed by atoms with Crippen molar-refractivity contribution in [3.8, 4) is 5.69 Å². The highest BCUT2D eigenvalue weighted by Crippen LogP contribution is 2.19. The summed E-state index contributed by atoms with van der Waals surface area (Å²) in [5.74, 6) is 0.178. The predicted octanol–water partition coefficient (Wildman–Crippen LogP) is 4.42. The van der Waals surface area contributed by atoms with Crippen LogP contribution < -0.4 is 5.32 Å². The average Bonchev–Trinajstić information content (AvgIpc) is 2.99. The van der Waals surface area contributed by atoms with Crippen molar-refractivity contribution in [2.24, 2.45) is 0 Å². The number of carbonyl (C=O) groups is 1. The lowest BCUT2D eigenvalue weighted by Gasteiger charge is -2.11. The Bertz CT molecular complexity index is 927. The minimum atomic E-state index is -0.0935. The molecule has 1 N–H and O–H groups in total. The van der Waals surface area contributed by atoms with Crippen molar-refractivity contribution in [3.63, 3.8) is 0 Å². The van der Waals surface area contributed by atoms with Crippen LogP contribution in [-0.2, 0) is 4.79 Å². The van der Waals surface area contributed by atoms with Gasteiger partial charge in [0, 0.05) is 23.9 Å². The van der Waals surface area contributed by atoms with Crippen molar-refractivity contribution in [2.45, 2.75) is 26.7 Å². The molecule has 0 aliphatic rings. The van der Waals surface area contributed by atoms with E-state index in [0.29, 0.717) is 6.54 Å². The Morgan fingerprint density at radius 1 is 1.07 bits per heavy atom. The summed E-state index contributed by atoms with van der Waals surface area (Å²) in [5, 5.41) is 7.58. The van der Waals surface area contributed by atoms with Crippen molar-refractivity contribution < 1.29 is 4.79 Å². The van der Waals surface area contributed by atoms with Gasteiger partial charge in [0.2, 0.25) is 5.91 Å². The fourth-order valence-corrected chi connectivity index (χ4v) is 3.09. The number of aromatic nitrogens is 2. The number of rotatable bonds is 6. The molecule has 4 heteroatoms. The number of amides is 1. The Labute approximate surface area is 160 Å². The molecule has 3 rings (SSSR count). The zero-order valence-corrected chi connectivity index (χ0v) is 16.0. The Morgan fingerprint density at radius 2 is 1.70 bits per heavy atom. The molecule has 0 aliphatic carbocycles. The summed E-state index contributed by atoms with van der Waals surface area (Å²) >= 11 is 0. The topological polar surface area (TPSA) is 46.9 Å². The van der Waals surface area contributed by atoms with Crippen LogP contribution in [0.15, 0.2) is 66.7 Å². The van der Waals surface area contributed by atoms with Crippen molar-refractivity contribution in [1.82, 2.24) is 15.1 Å². The Hall–Kier alpha value is -3.14. The SMILES string of the molecule is Cc1nn(-c2ccccc2)c(C)c1/C=C/C(=O)NC[C@@H](C)c1ccccc1. The third kappa shape index (κ3) is 4.53. The van der Waals surface area contributed by atoms with E-state index in [9.17, 15) is 4.79 Å². The van der Waals surface area contributed by atoms with E-state index in [2.05, 4.69) is 29.5 Å². The lowest BCUT2D eigenvalue weighted by molar-refractivity contribution is -0.116. The summed E-state index contributed by atoms with van der Waals surface area (Å²) in [4.78, 5) is 12.2. The van der Waals surface area contributed by atoms with E-state index >= 15 is 0 Å². The lowest BCUT2D eigenvalue weighted by atomic mass is 10.0. The number of hydrogen-bond donors (Lipinski definition) is 1. The summed E-state index contributed by atoms with van der Waals surface area (Å²) < 4.78 is 1.91. The van der Waals surface area contributed by atoms with Gasteiger partial charge in [-0.15, -0.1) is 0 Å². The average molecular weight is 359 g/mol. The van der Waals surface area contributed by atoms with E-state index in [0.717, 1.165) is 22.6 Å². The minimum Gasteiger partial charge on any atom is -0.352 e. The largest absolute Gasteiger partial charge is 0.352 e. The normalized spacial score (nSPS) is 12.3. The van der Waals surface area contributed by atoms with E-state index in [4.69, 9.17) is 0 Å². The summed E-state index contributed by atoms with van der Waals surface area (Å²) in [7, 11) is 0. The van der Waals surface area contributed by atoms with Crippen LogP contribution in [0.25, 0.3) is 11.8 Å². The minimum absolute atomic E-state index is 0.0935. The van der Waals surface area contributed by atoms with Gasteiger partial charge in [0.15, 0.2) is 0 Å². The molecule has 0 saturated heterocycles. The first-order chi connectivity index (χ1) is 13.1. The van der Waals surface area contributed by atoms with Gasteiger partial charge in [-0.25, -0.2) is 4.68 Å². The van der Waals surface area contributed by atoms with E-state index in [-0.39, 0.29) is 11.8 Å². The quantitative estimate of drug-likeness (QED) is 0.662. The molecule has 0 spiro atoms. The third-order valence-corrected chi connectivity index (χ3v) is 4.70. The molecule has 0 bridgehead atoms. The number of para-hydroxylation sites is 1. The third-order valence-electron chi connectivity index (χ3n) is 4.70. The zero-order valence-electron chi connectivity index (χ0n) is 16.0. The van der Waals surface area contributed by atoms with Crippen LogP contribution in [0.1, 0.15) is 35.4 Å². The summed E-state index contributed by atoms with van der Waals surface area (Å²) in [6.07, 6.45) is 3.43. The molecule has 0 radical (unpaired) electrons. The number of nitrogens with one attached hydrogen (secondary N) is 1. The highest BCUT2D eigenvalue weighted by atomic mass is 16.1. The van der Waals surface area contributed by atoms with Gasteiger partial charge in [0.05, 0.1) is 11.4 Å². The van der Waals surface area contributed by atoms with E-state index in [1.807, 2.05) is 73.1 Å². The monoisotopic (exact) mass is 359 g/mol. The number of hydrogen-bond acceptors (Lipinski definition) is 2. The zero-order chi connectivity index (χ0) is 19.2. The second kappa shape index (κ2) is 8.49. The maximum absolute atomic E-state index is 12.2. The number of benzene rings is 2. The molecule has 0 unspecified atom stereocenters. The Kier molecular flexibility index (Phi) is 5.87. The molecule has 0 aliphatic heterocycles. The Balaban J connectivity index is 1.65. The summed E-state index contributed by atoms with van der Waals surface area (Å²) in [6.45, 7) is 6.69. The maximum Gasteiger partial charge on any atom is 0.244 e. The van der Waals surface area contributed by atoms with Crippen molar-refractivity contribution in [2.75, 3.05) is 6.54 Å². The highest BCUT2D eigenvalue weighted by Gasteiger charge is 2.11. The van der Waals surface area contributed by atoms with Gasteiger partial charge in [-0.3, -0.25) is 4.79 Å². The van der Waals surface area contributed by atoms with Crippen molar-refractivity contribution in [1.29, 1.82) is 0 Å². The number of aryl methyl sites for hydroxylation is 1. The van der Waals surface area contributed by atoms with E-state index in [1.54, 1.807) is 6.08 Å². The molecule has 0 saturated carbocycles.